The van der Waals surface area contributed by atoms with E-state index < -0.39 is 0 Å². The second kappa shape index (κ2) is 6.52. The van der Waals surface area contributed by atoms with E-state index in [4.69, 9.17) is 4.74 Å². The standard InChI is InChI=1S/C15H21N3OS/c1-2-19-12-13-8-17(11-15-4-3-7-20-15)10-14-5-6-16-18(14)9-13/h3-7,13H,2,8-12H2,1H3/t13-/m1/s1. The lowest BCUT2D eigenvalue weighted by atomic mass is 10.1. The van der Waals surface area contributed by atoms with Gasteiger partial charge in [0.25, 0.3) is 0 Å². The first-order chi connectivity index (χ1) is 9.85. The monoisotopic (exact) mass is 291 g/mol. The second-order valence-corrected chi connectivity index (χ2v) is 6.31. The lowest BCUT2D eigenvalue weighted by Gasteiger charge is -2.23. The van der Waals surface area contributed by atoms with Gasteiger partial charge in [-0.2, -0.15) is 5.10 Å². The average molecular weight is 291 g/mol. The minimum atomic E-state index is 0.510. The van der Waals surface area contributed by atoms with Crippen LogP contribution in [0.4, 0.5) is 0 Å². The second-order valence-electron chi connectivity index (χ2n) is 5.28. The highest BCUT2D eigenvalue weighted by Gasteiger charge is 2.22. The Balaban J connectivity index is 1.73. The van der Waals surface area contributed by atoms with Gasteiger partial charge in [0.05, 0.1) is 12.3 Å². The molecule has 20 heavy (non-hydrogen) atoms. The molecular weight excluding hydrogens is 270 g/mol. The van der Waals surface area contributed by atoms with Crippen molar-refractivity contribution in [2.24, 2.45) is 5.92 Å². The van der Waals surface area contributed by atoms with E-state index in [1.54, 1.807) is 0 Å². The molecule has 3 heterocycles. The van der Waals surface area contributed by atoms with E-state index in [9.17, 15) is 0 Å². The Hall–Kier alpha value is -1.17. The van der Waals surface area contributed by atoms with Crippen molar-refractivity contribution in [1.82, 2.24) is 14.7 Å². The van der Waals surface area contributed by atoms with Crippen molar-refractivity contribution in [2.75, 3.05) is 19.8 Å². The number of rotatable bonds is 5. The van der Waals surface area contributed by atoms with E-state index in [2.05, 4.69) is 45.2 Å². The Morgan fingerprint density at radius 3 is 3.15 bits per heavy atom. The molecule has 1 atom stereocenters. The third-order valence-electron chi connectivity index (χ3n) is 3.65. The maximum Gasteiger partial charge on any atom is 0.0524 e. The van der Waals surface area contributed by atoms with Crippen molar-refractivity contribution < 1.29 is 4.74 Å². The molecule has 0 amide bonds. The van der Waals surface area contributed by atoms with Crippen LogP contribution in [0.15, 0.2) is 29.8 Å². The van der Waals surface area contributed by atoms with Crippen LogP contribution in [0.3, 0.4) is 0 Å². The summed E-state index contributed by atoms with van der Waals surface area (Å²) in [6.07, 6.45) is 1.90. The highest BCUT2D eigenvalue weighted by molar-refractivity contribution is 7.09. The van der Waals surface area contributed by atoms with Crippen LogP contribution in [0, 0.1) is 5.92 Å². The molecule has 0 fully saturated rings. The van der Waals surface area contributed by atoms with Gasteiger partial charge in [0.2, 0.25) is 0 Å². The summed E-state index contributed by atoms with van der Waals surface area (Å²) in [5, 5.41) is 6.59. The van der Waals surface area contributed by atoms with Crippen LogP contribution in [0.5, 0.6) is 0 Å². The Labute approximate surface area is 124 Å². The van der Waals surface area contributed by atoms with E-state index in [1.165, 1.54) is 10.6 Å². The van der Waals surface area contributed by atoms with E-state index in [-0.39, 0.29) is 0 Å². The van der Waals surface area contributed by atoms with Crippen molar-refractivity contribution in [3.63, 3.8) is 0 Å². The molecule has 0 spiro atoms. The van der Waals surface area contributed by atoms with Crippen LogP contribution in [0.25, 0.3) is 0 Å². The summed E-state index contributed by atoms with van der Waals surface area (Å²) in [6.45, 7) is 7.68. The lowest BCUT2D eigenvalue weighted by Crippen LogP contribution is -2.29. The normalized spacial score (nSPS) is 19.8. The largest absolute Gasteiger partial charge is 0.381 e. The minimum Gasteiger partial charge on any atom is -0.381 e. The maximum atomic E-state index is 5.64. The van der Waals surface area contributed by atoms with E-state index in [0.717, 1.165) is 39.4 Å². The smallest absolute Gasteiger partial charge is 0.0524 e. The van der Waals surface area contributed by atoms with Crippen molar-refractivity contribution in [2.45, 2.75) is 26.6 Å². The quantitative estimate of drug-likeness (QED) is 0.848. The van der Waals surface area contributed by atoms with Crippen molar-refractivity contribution >= 4 is 11.3 Å². The number of nitrogens with zero attached hydrogens (tertiary/aromatic N) is 3. The third kappa shape index (κ3) is 3.29. The van der Waals surface area contributed by atoms with Gasteiger partial charge in [-0.05, 0) is 24.4 Å². The summed E-state index contributed by atoms with van der Waals surface area (Å²) in [5.74, 6) is 0.510. The van der Waals surface area contributed by atoms with Gasteiger partial charge >= 0.3 is 0 Å². The number of fused-ring (bicyclic) bond motifs is 1. The summed E-state index contributed by atoms with van der Waals surface area (Å²) >= 11 is 1.83. The van der Waals surface area contributed by atoms with Crippen LogP contribution in [0.1, 0.15) is 17.5 Å². The summed E-state index contributed by atoms with van der Waals surface area (Å²) < 4.78 is 7.78. The number of ether oxygens (including phenoxy) is 1. The molecule has 5 heteroatoms. The van der Waals surface area contributed by atoms with Crippen molar-refractivity contribution in [1.29, 1.82) is 0 Å². The fourth-order valence-corrected chi connectivity index (χ4v) is 3.50. The first kappa shape index (κ1) is 13.8. The van der Waals surface area contributed by atoms with Gasteiger partial charge in [-0.15, -0.1) is 11.3 Å². The number of thiophene rings is 1. The Morgan fingerprint density at radius 2 is 2.35 bits per heavy atom. The average Bonchev–Trinajstić information content (AvgIpc) is 3.06. The zero-order valence-corrected chi connectivity index (χ0v) is 12.7. The molecule has 1 aliphatic rings. The van der Waals surface area contributed by atoms with Gasteiger partial charge in [0, 0.05) is 49.8 Å². The fourth-order valence-electron chi connectivity index (χ4n) is 2.75. The summed E-state index contributed by atoms with van der Waals surface area (Å²) in [5.41, 5.74) is 1.31. The first-order valence-electron chi connectivity index (χ1n) is 7.18. The highest BCUT2D eigenvalue weighted by atomic mass is 32.1. The van der Waals surface area contributed by atoms with Crippen LogP contribution >= 0.6 is 11.3 Å². The van der Waals surface area contributed by atoms with E-state index in [1.807, 2.05) is 17.5 Å². The van der Waals surface area contributed by atoms with Gasteiger partial charge in [0.1, 0.15) is 0 Å². The summed E-state index contributed by atoms with van der Waals surface area (Å²) in [7, 11) is 0. The van der Waals surface area contributed by atoms with E-state index in [0.29, 0.717) is 5.92 Å². The van der Waals surface area contributed by atoms with Gasteiger partial charge in [0.15, 0.2) is 0 Å². The fraction of sp³-hybridized carbons (Fsp3) is 0.533. The number of hydrogen-bond donors (Lipinski definition) is 0. The molecule has 108 valence electrons. The lowest BCUT2D eigenvalue weighted by molar-refractivity contribution is 0.0843. The minimum absolute atomic E-state index is 0.510. The molecule has 0 radical (unpaired) electrons. The predicted molar refractivity (Wildman–Crippen MR) is 80.6 cm³/mol. The van der Waals surface area contributed by atoms with Gasteiger partial charge in [-0.3, -0.25) is 9.58 Å². The van der Waals surface area contributed by atoms with Crippen LogP contribution in [-0.2, 0) is 24.4 Å². The van der Waals surface area contributed by atoms with Gasteiger partial charge in [-0.1, -0.05) is 6.07 Å². The van der Waals surface area contributed by atoms with Crippen LogP contribution in [-0.4, -0.2) is 34.4 Å². The van der Waals surface area contributed by atoms with Crippen LogP contribution < -0.4 is 0 Å². The molecule has 2 aromatic rings. The topological polar surface area (TPSA) is 30.3 Å². The molecule has 1 aliphatic heterocycles. The molecule has 0 saturated heterocycles. The predicted octanol–water partition coefficient (Wildman–Crippen LogP) is 2.61. The van der Waals surface area contributed by atoms with Crippen LogP contribution in [0.2, 0.25) is 0 Å². The SMILES string of the molecule is CCOC[C@@H]1CN(Cc2cccs2)Cc2ccnn2C1. The Kier molecular flexibility index (Phi) is 4.50. The molecule has 0 N–H and O–H groups in total. The molecule has 2 aromatic heterocycles. The first-order valence-corrected chi connectivity index (χ1v) is 8.06. The summed E-state index contributed by atoms with van der Waals surface area (Å²) in [6, 6.07) is 6.47. The molecule has 0 bridgehead atoms. The number of hydrogen-bond acceptors (Lipinski definition) is 4. The zero-order chi connectivity index (χ0) is 13.8. The Bertz CT molecular complexity index is 523. The number of aromatic nitrogens is 2. The molecule has 0 saturated carbocycles. The molecule has 4 nitrogen and oxygen atoms in total. The zero-order valence-electron chi connectivity index (χ0n) is 11.9. The van der Waals surface area contributed by atoms with Crippen molar-refractivity contribution in [3.8, 4) is 0 Å². The Morgan fingerprint density at radius 1 is 1.40 bits per heavy atom. The highest BCUT2D eigenvalue weighted by Crippen LogP contribution is 2.20. The molecule has 0 aliphatic carbocycles. The molecular formula is C15H21N3OS. The molecule has 0 unspecified atom stereocenters. The van der Waals surface area contributed by atoms with Crippen molar-refractivity contribution in [3.05, 3.63) is 40.3 Å². The van der Waals surface area contributed by atoms with Gasteiger partial charge in [-0.25, -0.2) is 0 Å². The summed E-state index contributed by atoms with van der Waals surface area (Å²) in [4.78, 5) is 3.93. The maximum absolute atomic E-state index is 5.64. The molecule has 3 rings (SSSR count). The van der Waals surface area contributed by atoms with Gasteiger partial charge < -0.3 is 4.74 Å². The third-order valence-corrected chi connectivity index (χ3v) is 4.52. The van der Waals surface area contributed by atoms with E-state index >= 15 is 0 Å². The molecule has 0 aromatic carbocycles.